The number of benzene rings is 1. The van der Waals surface area contributed by atoms with Crippen LogP contribution in [0.1, 0.15) is 26.3 Å². The van der Waals surface area contributed by atoms with Gasteiger partial charge in [0.2, 0.25) is 0 Å². The van der Waals surface area contributed by atoms with Gasteiger partial charge in [-0.3, -0.25) is 4.79 Å². The molecule has 0 saturated carbocycles. The third-order valence-corrected chi connectivity index (χ3v) is 2.78. The Morgan fingerprint density at radius 1 is 1.38 bits per heavy atom. The fourth-order valence-corrected chi connectivity index (χ4v) is 1.49. The summed E-state index contributed by atoms with van der Waals surface area (Å²) in [5, 5.41) is 11.8. The van der Waals surface area contributed by atoms with Gasteiger partial charge in [0.25, 0.3) is 0 Å². The number of rotatable bonds is 5. The lowest BCUT2D eigenvalue weighted by Gasteiger charge is -2.26. The fraction of sp³-hybridized carbons (Fsp3) is 0.462. The van der Waals surface area contributed by atoms with Crippen molar-refractivity contribution in [2.24, 2.45) is 0 Å². The van der Waals surface area contributed by atoms with E-state index in [9.17, 15) is 4.79 Å². The second-order valence-corrected chi connectivity index (χ2v) is 4.69. The highest BCUT2D eigenvalue weighted by Gasteiger charge is 2.22. The van der Waals surface area contributed by atoms with E-state index in [-0.39, 0.29) is 5.41 Å². The lowest BCUT2D eigenvalue weighted by molar-refractivity contribution is -0.139. The monoisotopic (exact) mass is 221 g/mol. The molecule has 16 heavy (non-hydrogen) atoms. The molecule has 0 bridgehead atoms. The van der Waals surface area contributed by atoms with Crippen LogP contribution in [0.3, 0.4) is 0 Å². The third kappa shape index (κ3) is 3.35. The molecule has 3 nitrogen and oxygen atoms in total. The van der Waals surface area contributed by atoms with Gasteiger partial charge in [-0.1, -0.05) is 44.2 Å². The van der Waals surface area contributed by atoms with Crippen molar-refractivity contribution in [2.75, 3.05) is 6.54 Å². The minimum absolute atomic E-state index is 0.0645. The van der Waals surface area contributed by atoms with Crippen LogP contribution >= 0.6 is 0 Å². The van der Waals surface area contributed by atoms with Crippen molar-refractivity contribution in [1.82, 2.24) is 5.32 Å². The van der Waals surface area contributed by atoms with E-state index in [1.807, 2.05) is 18.2 Å². The van der Waals surface area contributed by atoms with E-state index in [1.54, 1.807) is 6.92 Å². The maximum Gasteiger partial charge on any atom is 0.320 e. The van der Waals surface area contributed by atoms with Crippen molar-refractivity contribution in [2.45, 2.75) is 32.2 Å². The highest BCUT2D eigenvalue weighted by atomic mass is 16.4. The molecule has 0 saturated heterocycles. The van der Waals surface area contributed by atoms with Crippen LogP contribution in [0.5, 0.6) is 0 Å². The molecule has 1 unspecified atom stereocenters. The van der Waals surface area contributed by atoms with Crippen molar-refractivity contribution >= 4 is 5.97 Å². The molecule has 2 N–H and O–H groups in total. The van der Waals surface area contributed by atoms with E-state index in [0.717, 1.165) is 0 Å². The Morgan fingerprint density at radius 2 is 1.94 bits per heavy atom. The first-order valence-electron chi connectivity index (χ1n) is 5.45. The third-order valence-electron chi connectivity index (χ3n) is 2.78. The molecule has 0 heterocycles. The van der Waals surface area contributed by atoms with Crippen LogP contribution in [-0.4, -0.2) is 23.7 Å². The van der Waals surface area contributed by atoms with Crippen molar-refractivity contribution in [1.29, 1.82) is 0 Å². The second-order valence-electron chi connectivity index (χ2n) is 4.69. The Labute approximate surface area is 96.5 Å². The molecule has 0 aromatic heterocycles. The molecule has 0 aliphatic carbocycles. The van der Waals surface area contributed by atoms with E-state index < -0.39 is 12.0 Å². The average molecular weight is 221 g/mol. The van der Waals surface area contributed by atoms with Crippen molar-refractivity contribution in [3.63, 3.8) is 0 Å². The first-order chi connectivity index (χ1) is 7.43. The van der Waals surface area contributed by atoms with Crippen molar-refractivity contribution in [3.8, 4) is 0 Å². The summed E-state index contributed by atoms with van der Waals surface area (Å²) in [6, 6.07) is 9.59. The Kier molecular flexibility index (Phi) is 4.07. The number of carboxylic acid groups (broad SMARTS) is 1. The van der Waals surface area contributed by atoms with Crippen molar-refractivity contribution < 1.29 is 9.90 Å². The number of carbonyl (C=O) groups is 1. The van der Waals surface area contributed by atoms with Gasteiger partial charge in [-0.05, 0) is 12.5 Å². The predicted molar refractivity (Wildman–Crippen MR) is 64.6 cm³/mol. The molecule has 3 heteroatoms. The summed E-state index contributed by atoms with van der Waals surface area (Å²) in [5.41, 5.74) is 1.14. The Balaban J connectivity index is 2.62. The van der Waals surface area contributed by atoms with Crippen LogP contribution in [-0.2, 0) is 10.2 Å². The van der Waals surface area contributed by atoms with Gasteiger partial charge in [-0.2, -0.15) is 0 Å². The molecule has 1 atom stereocenters. The number of hydrogen-bond acceptors (Lipinski definition) is 2. The largest absolute Gasteiger partial charge is 0.480 e. The molecular weight excluding hydrogens is 202 g/mol. The standard InChI is InChI=1S/C13H19NO2/c1-10(12(15)16)14-9-13(2,3)11-7-5-4-6-8-11/h4-8,10,14H,9H2,1-3H3,(H,15,16). The highest BCUT2D eigenvalue weighted by Crippen LogP contribution is 2.21. The van der Waals surface area contributed by atoms with Gasteiger partial charge < -0.3 is 10.4 Å². The van der Waals surface area contributed by atoms with Gasteiger partial charge in [-0.15, -0.1) is 0 Å². The maximum atomic E-state index is 10.7. The minimum Gasteiger partial charge on any atom is -0.480 e. The SMILES string of the molecule is CC(NCC(C)(C)c1ccccc1)C(=O)O. The average Bonchev–Trinajstić information content (AvgIpc) is 2.27. The fourth-order valence-electron chi connectivity index (χ4n) is 1.49. The van der Waals surface area contributed by atoms with Gasteiger partial charge in [0.15, 0.2) is 0 Å². The van der Waals surface area contributed by atoms with Crippen LogP contribution in [0, 0.1) is 0 Å². The second kappa shape index (κ2) is 5.12. The summed E-state index contributed by atoms with van der Waals surface area (Å²) in [6.07, 6.45) is 0. The summed E-state index contributed by atoms with van der Waals surface area (Å²) >= 11 is 0. The first-order valence-corrected chi connectivity index (χ1v) is 5.45. The van der Waals surface area contributed by atoms with Crippen LogP contribution in [0.15, 0.2) is 30.3 Å². The zero-order valence-corrected chi connectivity index (χ0v) is 10.0. The van der Waals surface area contributed by atoms with Gasteiger partial charge in [0.05, 0.1) is 0 Å². The van der Waals surface area contributed by atoms with Crippen LogP contribution in [0.2, 0.25) is 0 Å². The molecule has 0 radical (unpaired) electrons. The number of carboxylic acids is 1. The van der Waals surface area contributed by atoms with E-state index in [1.165, 1.54) is 5.56 Å². The lowest BCUT2D eigenvalue weighted by Crippen LogP contribution is -2.41. The number of hydrogen-bond donors (Lipinski definition) is 2. The number of aliphatic carboxylic acids is 1. The Hall–Kier alpha value is -1.35. The molecule has 0 amide bonds. The quantitative estimate of drug-likeness (QED) is 0.799. The van der Waals surface area contributed by atoms with Crippen LogP contribution in [0.25, 0.3) is 0 Å². The van der Waals surface area contributed by atoms with E-state index in [2.05, 4.69) is 31.3 Å². The van der Waals surface area contributed by atoms with E-state index in [4.69, 9.17) is 5.11 Å². The molecular formula is C13H19NO2. The summed E-state index contributed by atoms with van der Waals surface area (Å²) in [4.78, 5) is 10.7. The van der Waals surface area contributed by atoms with Gasteiger partial charge in [0, 0.05) is 12.0 Å². The normalized spacial score (nSPS) is 13.4. The summed E-state index contributed by atoms with van der Waals surface area (Å²) in [7, 11) is 0. The summed E-state index contributed by atoms with van der Waals surface area (Å²) < 4.78 is 0. The molecule has 0 aliphatic heterocycles. The maximum absolute atomic E-state index is 10.7. The summed E-state index contributed by atoms with van der Waals surface area (Å²) in [6.45, 7) is 6.50. The Morgan fingerprint density at radius 3 is 2.44 bits per heavy atom. The topological polar surface area (TPSA) is 49.3 Å². The first kappa shape index (κ1) is 12.7. The zero-order chi connectivity index (χ0) is 12.2. The van der Waals surface area contributed by atoms with Gasteiger partial charge >= 0.3 is 5.97 Å². The van der Waals surface area contributed by atoms with Gasteiger partial charge in [0.1, 0.15) is 6.04 Å². The lowest BCUT2D eigenvalue weighted by atomic mass is 9.84. The number of nitrogens with one attached hydrogen (secondary N) is 1. The van der Waals surface area contributed by atoms with E-state index >= 15 is 0 Å². The minimum atomic E-state index is -0.816. The highest BCUT2D eigenvalue weighted by molar-refractivity contribution is 5.72. The summed E-state index contributed by atoms with van der Waals surface area (Å²) in [5.74, 6) is -0.816. The zero-order valence-electron chi connectivity index (χ0n) is 10.0. The van der Waals surface area contributed by atoms with Crippen LogP contribution in [0.4, 0.5) is 0 Å². The molecule has 1 aromatic carbocycles. The van der Waals surface area contributed by atoms with Gasteiger partial charge in [-0.25, -0.2) is 0 Å². The molecule has 1 aromatic rings. The molecule has 0 aliphatic rings. The molecule has 0 spiro atoms. The molecule has 88 valence electrons. The molecule has 0 fully saturated rings. The smallest absolute Gasteiger partial charge is 0.320 e. The van der Waals surface area contributed by atoms with E-state index in [0.29, 0.717) is 6.54 Å². The predicted octanol–water partition coefficient (Wildman–Crippen LogP) is 2.03. The van der Waals surface area contributed by atoms with Crippen LogP contribution < -0.4 is 5.32 Å². The Bertz CT molecular complexity index is 346. The molecule has 1 rings (SSSR count). The van der Waals surface area contributed by atoms with Crippen molar-refractivity contribution in [3.05, 3.63) is 35.9 Å².